The zero-order valence-electron chi connectivity index (χ0n) is 21.8. The fourth-order valence-electron chi connectivity index (χ4n) is 3.79. The summed E-state index contributed by atoms with van der Waals surface area (Å²) in [7, 11) is 0. The number of hydrogen-bond acceptors (Lipinski definition) is 7. The molecule has 11 nitrogen and oxygen atoms in total. The van der Waals surface area contributed by atoms with Crippen molar-refractivity contribution in [3.63, 3.8) is 0 Å². The van der Waals surface area contributed by atoms with Gasteiger partial charge in [0.25, 0.3) is 0 Å². The molecule has 0 radical (unpaired) electrons. The Morgan fingerprint density at radius 2 is 1.67 bits per heavy atom. The molecule has 0 spiro atoms. The second kappa shape index (κ2) is 12.8. The van der Waals surface area contributed by atoms with Crippen molar-refractivity contribution in [2.75, 3.05) is 23.8 Å². The van der Waals surface area contributed by atoms with Crippen LogP contribution in [0.25, 0.3) is 28.0 Å². The van der Waals surface area contributed by atoms with Gasteiger partial charge in [-0.15, -0.1) is 0 Å². The lowest BCUT2D eigenvalue weighted by Gasteiger charge is -2.15. The minimum absolute atomic E-state index is 0.0952. The number of rotatable bonds is 5. The molecule has 1 aliphatic heterocycles. The number of anilines is 2. The fourth-order valence-corrected chi connectivity index (χ4v) is 3.79. The minimum atomic E-state index is -5.08. The summed E-state index contributed by atoms with van der Waals surface area (Å²) in [6, 6.07) is 9.65. The highest BCUT2D eigenvalue weighted by molar-refractivity contribution is 5.99. The van der Waals surface area contributed by atoms with Crippen molar-refractivity contribution in [2.24, 2.45) is 0 Å². The topological polar surface area (TPSA) is 144 Å². The number of carbonyl (C=O) groups is 2. The van der Waals surface area contributed by atoms with Crippen LogP contribution in [0.2, 0.25) is 0 Å². The number of fused-ring (bicyclic) bond motifs is 1. The maximum atomic E-state index is 13.1. The standard InChI is InChI=1S/C24H20F3N7O2.C2HF3O2/c25-24(26,27)14-34-22-19(13-29-34)20(15-7-10-36-11-8-15)32-21(33-22)16-3-5-17(6-4-16)30-23(35)31-18-2-1-9-28-12-18;3-2(4,5)1(6)7/h1-7,9,12-13H,8,10-11,14H2,(H2,30,31,35);(H,6,7). The van der Waals surface area contributed by atoms with Crippen LogP contribution in [0.15, 0.2) is 61.1 Å². The van der Waals surface area contributed by atoms with E-state index in [1.807, 2.05) is 6.08 Å². The van der Waals surface area contributed by atoms with E-state index in [0.29, 0.717) is 47.7 Å². The zero-order chi connectivity index (χ0) is 31.2. The van der Waals surface area contributed by atoms with Crippen LogP contribution in [0.5, 0.6) is 0 Å². The number of benzene rings is 1. The number of carbonyl (C=O) groups excluding carboxylic acids is 1. The molecular formula is C26H21F6N7O4. The number of urea groups is 1. The molecule has 4 heterocycles. The summed E-state index contributed by atoms with van der Waals surface area (Å²) in [6.07, 6.45) is -2.61. The van der Waals surface area contributed by atoms with Crippen LogP contribution < -0.4 is 10.6 Å². The lowest BCUT2D eigenvalue weighted by atomic mass is 10.0. The van der Waals surface area contributed by atoms with Gasteiger partial charge >= 0.3 is 24.4 Å². The van der Waals surface area contributed by atoms with E-state index in [0.717, 1.165) is 10.3 Å². The molecule has 0 unspecified atom stereocenters. The molecule has 3 N–H and O–H groups in total. The van der Waals surface area contributed by atoms with Crippen LogP contribution in [0, 0.1) is 0 Å². The number of nitrogens with one attached hydrogen (secondary N) is 2. The third kappa shape index (κ3) is 8.48. The molecular weight excluding hydrogens is 588 g/mol. The van der Waals surface area contributed by atoms with Crippen molar-refractivity contribution in [1.82, 2.24) is 24.7 Å². The molecule has 0 aliphatic carbocycles. The van der Waals surface area contributed by atoms with Crippen molar-refractivity contribution in [1.29, 1.82) is 0 Å². The average molecular weight is 609 g/mol. The van der Waals surface area contributed by atoms with Gasteiger partial charge in [0.05, 0.1) is 42.4 Å². The van der Waals surface area contributed by atoms with E-state index in [-0.39, 0.29) is 11.5 Å². The highest BCUT2D eigenvalue weighted by atomic mass is 19.4. The number of nitrogens with zero attached hydrogens (tertiary/aromatic N) is 5. The summed E-state index contributed by atoms with van der Waals surface area (Å²) in [6.45, 7) is -0.372. The third-order valence-electron chi connectivity index (χ3n) is 5.66. The number of carboxylic acid groups (broad SMARTS) is 1. The Balaban J connectivity index is 0.000000541. The van der Waals surface area contributed by atoms with Gasteiger partial charge in [0.2, 0.25) is 0 Å². The minimum Gasteiger partial charge on any atom is -0.475 e. The number of carboxylic acids is 1. The molecule has 3 aromatic heterocycles. The van der Waals surface area contributed by atoms with Crippen molar-refractivity contribution < 1.29 is 45.8 Å². The van der Waals surface area contributed by atoms with Gasteiger partial charge in [-0.1, -0.05) is 6.08 Å². The van der Waals surface area contributed by atoms with Gasteiger partial charge in [-0.2, -0.15) is 31.4 Å². The van der Waals surface area contributed by atoms with Crippen LogP contribution in [0.3, 0.4) is 0 Å². The smallest absolute Gasteiger partial charge is 0.475 e. The maximum Gasteiger partial charge on any atom is 0.490 e. The molecule has 0 saturated carbocycles. The Bertz CT molecular complexity index is 1620. The molecule has 0 bridgehead atoms. The first-order chi connectivity index (χ1) is 20.3. The summed E-state index contributed by atoms with van der Waals surface area (Å²) in [5.74, 6) is -2.51. The van der Waals surface area contributed by atoms with Gasteiger partial charge in [0.15, 0.2) is 11.5 Å². The third-order valence-corrected chi connectivity index (χ3v) is 5.66. The van der Waals surface area contributed by atoms with Crippen molar-refractivity contribution in [2.45, 2.75) is 25.3 Å². The maximum absolute atomic E-state index is 13.1. The summed E-state index contributed by atoms with van der Waals surface area (Å²) in [4.78, 5) is 34.2. The highest BCUT2D eigenvalue weighted by Crippen LogP contribution is 2.30. The molecule has 5 rings (SSSR count). The van der Waals surface area contributed by atoms with Crippen LogP contribution in [-0.4, -0.2) is 67.4 Å². The Kier molecular flexibility index (Phi) is 9.23. The van der Waals surface area contributed by atoms with Crippen LogP contribution >= 0.6 is 0 Å². The highest BCUT2D eigenvalue weighted by Gasteiger charge is 2.38. The summed E-state index contributed by atoms with van der Waals surface area (Å²) >= 11 is 0. The largest absolute Gasteiger partial charge is 0.490 e. The van der Waals surface area contributed by atoms with Crippen molar-refractivity contribution in [3.8, 4) is 11.4 Å². The lowest BCUT2D eigenvalue weighted by Crippen LogP contribution is -2.21. The molecule has 17 heteroatoms. The molecule has 1 aliphatic rings. The first-order valence-electron chi connectivity index (χ1n) is 12.3. The number of hydrogen-bond donors (Lipinski definition) is 3. The Morgan fingerprint density at radius 1 is 0.977 bits per heavy atom. The fraction of sp³-hybridized carbons (Fsp3) is 0.231. The quantitative estimate of drug-likeness (QED) is 0.251. The van der Waals surface area contributed by atoms with E-state index < -0.39 is 30.9 Å². The van der Waals surface area contributed by atoms with Crippen LogP contribution in [0.4, 0.5) is 42.5 Å². The van der Waals surface area contributed by atoms with E-state index in [9.17, 15) is 31.1 Å². The van der Waals surface area contributed by atoms with E-state index in [4.69, 9.17) is 14.6 Å². The van der Waals surface area contributed by atoms with Crippen molar-refractivity contribution >= 4 is 40.0 Å². The van der Waals surface area contributed by atoms with Gasteiger partial charge in [-0.05, 0) is 48.4 Å². The molecule has 1 aromatic carbocycles. The number of aromatic nitrogens is 5. The van der Waals surface area contributed by atoms with Gasteiger partial charge < -0.3 is 20.5 Å². The lowest BCUT2D eigenvalue weighted by molar-refractivity contribution is -0.192. The van der Waals surface area contributed by atoms with Gasteiger partial charge in [0, 0.05) is 17.4 Å². The van der Waals surface area contributed by atoms with E-state index >= 15 is 0 Å². The van der Waals surface area contributed by atoms with E-state index in [2.05, 4.69) is 30.7 Å². The van der Waals surface area contributed by atoms with Gasteiger partial charge in [-0.3, -0.25) is 4.98 Å². The zero-order valence-corrected chi connectivity index (χ0v) is 21.8. The van der Waals surface area contributed by atoms with Crippen LogP contribution in [0.1, 0.15) is 12.1 Å². The first kappa shape index (κ1) is 30.9. The molecule has 0 fully saturated rings. The molecule has 226 valence electrons. The number of alkyl halides is 6. The normalized spacial score (nSPS) is 13.5. The number of amides is 2. The Labute approximate surface area is 238 Å². The SMILES string of the molecule is O=C(Nc1ccc(-c2nc(C3=CCOCC3)c3cnn(CC(F)(F)F)c3n2)cc1)Nc1cccnc1.O=C(O)C(F)(F)F. The molecule has 0 saturated heterocycles. The number of ether oxygens (including phenoxy) is 1. The number of pyridine rings is 1. The predicted molar refractivity (Wildman–Crippen MR) is 141 cm³/mol. The molecule has 43 heavy (non-hydrogen) atoms. The summed E-state index contributed by atoms with van der Waals surface area (Å²) in [5.41, 5.74) is 3.12. The Morgan fingerprint density at radius 3 is 2.26 bits per heavy atom. The van der Waals surface area contributed by atoms with Gasteiger partial charge in [-0.25, -0.2) is 24.2 Å². The summed E-state index contributed by atoms with van der Waals surface area (Å²) in [5, 5.41) is 16.9. The Hall–Kier alpha value is -5.06. The number of halogens is 6. The molecule has 2 amide bonds. The second-order valence-electron chi connectivity index (χ2n) is 8.81. The van der Waals surface area contributed by atoms with Gasteiger partial charge in [0.1, 0.15) is 6.54 Å². The van der Waals surface area contributed by atoms with Crippen LogP contribution in [-0.2, 0) is 16.1 Å². The monoisotopic (exact) mass is 609 g/mol. The predicted octanol–water partition coefficient (Wildman–Crippen LogP) is 5.53. The van der Waals surface area contributed by atoms with E-state index in [1.54, 1.807) is 42.6 Å². The average Bonchev–Trinajstić information content (AvgIpc) is 3.35. The molecule has 4 aromatic rings. The molecule has 0 atom stereocenters. The second-order valence-corrected chi connectivity index (χ2v) is 8.81. The van der Waals surface area contributed by atoms with E-state index in [1.165, 1.54) is 12.4 Å². The van der Waals surface area contributed by atoms with Crippen molar-refractivity contribution in [3.05, 3.63) is 66.8 Å². The summed E-state index contributed by atoms with van der Waals surface area (Å²) < 4.78 is 77.4. The number of aliphatic carboxylic acids is 1. The first-order valence-corrected chi connectivity index (χ1v) is 12.3.